The summed E-state index contributed by atoms with van der Waals surface area (Å²) < 4.78 is 11.2. The normalized spacial score (nSPS) is 17.1. The lowest BCUT2D eigenvalue weighted by Gasteiger charge is -2.24. The van der Waals surface area contributed by atoms with Crippen molar-refractivity contribution in [3.8, 4) is 0 Å². The van der Waals surface area contributed by atoms with Gasteiger partial charge in [-0.1, -0.05) is 4.57 Å². The van der Waals surface area contributed by atoms with Gasteiger partial charge in [-0.15, -0.1) is 0 Å². The zero-order chi connectivity index (χ0) is 15.9. The van der Waals surface area contributed by atoms with Crippen molar-refractivity contribution in [2.24, 2.45) is 11.8 Å². The van der Waals surface area contributed by atoms with E-state index >= 15 is 0 Å². The molecule has 4 unspecified atom stereocenters. The molecule has 0 aromatic rings. The van der Waals surface area contributed by atoms with E-state index < -0.39 is 62.8 Å². The van der Waals surface area contributed by atoms with E-state index in [1.165, 1.54) is 0 Å². The molecule has 4 N–H and O–H groups in total. The highest BCUT2D eigenvalue weighted by molar-refractivity contribution is 7.80. The summed E-state index contributed by atoms with van der Waals surface area (Å²) in [5, 5.41) is 34.3. The van der Waals surface area contributed by atoms with Crippen LogP contribution in [0.3, 0.4) is 0 Å². The van der Waals surface area contributed by atoms with E-state index in [9.17, 15) is 24.1 Å². The second-order valence-electron chi connectivity index (χ2n) is 4.27. The molecule has 4 atom stereocenters. The first kappa shape index (κ1) is 18.8. The number of hydrogen-bond donors (Lipinski definition) is 5. The van der Waals surface area contributed by atoms with Gasteiger partial charge in [0.2, 0.25) is 0 Å². The van der Waals surface area contributed by atoms with Crippen molar-refractivity contribution in [1.82, 2.24) is 0 Å². The number of aliphatic carboxylic acids is 3. The zero-order valence-electron chi connectivity index (χ0n) is 10.4. The fourth-order valence-corrected chi connectivity index (χ4v) is 2.72. The summed E-state index contributed by atoms with van der Waals surface area (Å²) >= 11 is 3.78. The SMILES string of the molecule is O=[PH+]C(O)(CC(CS)C(=O)O)C(CCC(=O)O)C(=O)O. The summed E-state index contributed by atoms with van der Waals surface area (Å²) in [6.07, 6.45) is -1.57. The van der Waals surface area contributed by atoms with E-state index in [2.05, 4.69) is 12.6 Å². The van der Waals surface area contributed by atoms with Crippen LogP contribution in [0.5, 0.6) is 0 Å². The Hall–Kier alpha value is -1.18. The van der Waals surface area contributed by atoms with E-state index in [1.807, 2.05) is 0 Å². The van der Waals surface area contributed by atoms with Gasteiger partial charge >= 0.3 is 26.4 Å². The minimum absolute atomic E-state index is 0.173. The Morgan fingerprint density at radius 3 is 2.00 bits per heavy atom. The smallest absolute Gasteiger partial charge is 0.360 e. The second-order valence-corrected chi connectivity index (χ2v) is 5.71. The van der Waals surface area contributed by atoms with Crippen LogP contribution in [0.25, 0.3) is 0 Å². The highest BCUT2D eigenvalue weighted by Crippen LogP contribution is 2.38. The molecule has 0 saturated heterocycles. The van der Waals surface area contributed by atoms with E-state index in [-0.39, 0.29) is 5.75 Å². The van der Waals surface area contributed by atoms with Crippen molar-refractivity contribution in [3.63, 3.8) is 0 Å². The van der Waals surface area contributed by atoms with E-state index in [1.54, 1.807) is 0 Å². The van der Waals surface area contributed by atoms with Crippen LogP contribution in [0.1, 0.15) is 19.3 Å². The van der Waals surface area contributed by atoms with Crippen LogP contribution in [0, 0.1) is 11.8 Å². The lowest BCUT2D eigenvalue weighted by atomic mass is 9.89. The van der Waals surface area contributed by atoms with Crippen molar-refractivity contribution >= 4 is 39.0 Å². The summed E-state index contributed by atoms with van der Waals surface area (Å²) in [6.45, 7) is 0. The van der Waals surface area contributed by atoms with Gasteiger partial charge in [0, 0.05) is 18.6 Å². The average molecular weight is 327 g/mol. The van der Waals surface area contributed by atoms with Crippen molar-refractivity contribution in [3.05, 3.63) is 0 Å². The Morgan fingerprint density at radius 2 is 1.70 bits per heavy atom. The molecule has 0 saturated carbocycles. The number of carboxylic acid groups (broad SMARTS) is 3. The molecular weight excluding hydrogens is 311 g/mol. The number of thiol groups is 1. The molecule has 0 radical (unpaired) electrons. The fourth-order valence-electron chi connectivity index (χ4n) is 1.69. The molecule has 0 heterocycles. The van der Waals surface area contributed by atoms with Crippen molar-refractivity contribution in [2.75, 3.05) is 5.75 Å². The minimum atomic E-state index is -2.30. The number of aliphatic hydroxyl groups is 1. The molecule has 8 nitrogen and oxygen atoms in total. The highest BCUT2D eigenvalue weighted by atomic mass is 32.1. The molecule has 0 amide bonds. The Labute approximate surface area is 121 Å². The molecule has 0 aliphatic rings. The second kappa shape index (κ2) is 8.18. The summed E-state index contributed by atoms with van der Waals surface area (Å²) in [5.74, 6) is -7.09. The molecule has 0 aromatic carbocycles. The molecule has 0 bridgehead atoms. The molecular formula is C10H16O8PS+. The Balaban J connectivity index is 5.20. The molecule has 10 heteroatoms. The third-order valence-corrected chi connectivity index (χ3v) is 4.17. The fraction of sp³-hybridized carbons (Fsp3) is 0.700. The summed E-state index contributed by atoms with van der Waals surface area (Å²) in [5.41, 5.74) is 0. The van der Waals surface area contributed by atoms with Gasteiger partial charge in [-0.25, -0.2) is 0 Å². The van der Waals surface area contributed by atoms with Gasteiger partial charge in [0.15, 0.2) is 0 Å². The molecule has 0 fully saturated rings. The molecule has 0 aliphatic carbocycles. The number of carboxylic acids is 3. The highest BCUT2D eigenvalue weighted by Gasteiger charge is 2.51. The predicted molar refractivity (Wildman–Crippen MR) is 71.5 cm³/mol. The molecule has 0 aromatic heterocycles. The van der Waals surface area contributed by atoms with Crippen molar-refractivity contribution in [1.29, 1.82) is 0 Å². The lowest BCUT2D eigenvalue weighted by molar-refractivity contribution is -0.152. The van der Waals surface area contributed by atoms with E-state index in [0.29, 0.717) is 0 Å². The molecule has 20 heavy (non-hydrogen) atoms. The Bertz CT molecular complexity index is 401. The third kappa shape index (κ3) is 5.44. The molecule has 114 valence electrons. The quantitative estimate of drug-likeness (QED) is 0.284. The van der Waals surface area contributed by atoms with Crippen molar-refractivity contribution < 1.29 is 39.4 Å². The molecule has 0 spiro atoms. The van der Waals surface area contributed by atoms with Crippen LogP contribution in [0.4, 0.5) is 0 Å². The Kier molecular flexibility index (Phi) is 7.70. The minimum Gasteiger partial charge on any atom is -0.481 e. The van der Waals surface area contributed by atoms with Gasteiger partial charge in [0.1, 0.15) is 5.92 Å². The molecule has 0 aliphatic heterocycles. The third-order valence-electron chi connectivity index (χ3n) is 2.83. The zero-order valence-corrected chi connectivity index (χ0v) is 12.2. The number of rotatable bonds is 10. The number of hydrogen-bond acceptors (Lipinski definition) is 6. The maximum absolute atomic E-state index is 11.2. The van der Waals surface area contributed by atoms with Crippen LogP contribution in [0.2, 0.25) is 0 Å². The van der Waals surface area contributed by atoms with Crippen molar-refractivity contribution in [2.45, 2.75) is 24.6 Å². The van der Waals surface area contributed by atoms with Crippen LogP contribution in [-0.2, 0) is 18.9 Å². The monoisotopic (exact) mass is 327 g/mol. The van der Waals surface area contributed by atoms with Gasteiger partial charge in [-0.3, -0.25) is 14.4 Å². The predicted octanol–water partition coefficient (Wildman–Crippen LogP) is 0.285. The van der Waals surface area contributed by atoms with Gasteiger partial charge < -0.3 is 20.4 Å². The maximum Gasteiger partial charge on any atom is 0.360 e. The van der Waals surface area contributed by atoms with Gasteiger partial charge in [-0.05, 0) is 6.42 Å². The first-order chi connectivity index (χ1) is 9.17. The van der Waals surface area contributed by atoms with Crippen LogP contribution in [0.15, 0.2) is 0 Å². The average Bonchev–Trinajstić information content (AvgIpc) is 2.34. The van der Waals surface area contributed by atoms with E-state index in [4.69, 9.17) is 15.3 Å². The summed E-state index contributed by atoms with van der Waals surface area (Å²) in [4.78, 5) is 32.5. The Morgan fingerprint density at radius 1 is 1.15 bits per heavy atom. The standard InChI is InChI=1S/C10H15O8PS/c11-7(12)2-1-6(9(15)16)10(17,19-18)3-5(4-20)8(13)14/h5-6,17,20H,1-4H2,(H,11,12)(H,13,14)(H,15,16)/p+1. The van der Waals surface area contributed by atoms with Crippen LogP contribution < -0.4 is 0 Å². The summed E-state index contributed by atoms with van der Waals surface area (Å²) in [6, 6.07) is 0. The lowest BCUT2D eigenvalue weighted by Crippen LogP contribution is -2.41. The summed E-state index contributed by atoms with van der Waals surface area (Å²) in [7, 11) is -1.50. The molecule has 0 rings (SSSR count). The topological polar surface area (TPSA) is 149 Å². The first-order valence-electron chi connectivity index (χ1n) is 5.58. The van der Waals surface area contributed by atoms with Crippen LogP contribution >= 0.6 is 21.1 Å². The van der Waals surface area contributed by atoms with Gasteiger partial charge in [0.25, 0.3) is 5.34 Å². The maximum atomic E-state index is 11.2. The largest absolute Gasteiger partial charge is 0.481 e. The van der Waals surface area contributed by atoms with Gasteiger partial charge in [-0.2, -0.15) is 12.6 Å². The van der Waals surface area contributed by atoms with E-state index in [0.717, 1.165) is 0 Å². The van der Waals surface area contributed by atoms with Crippen LogP contribution in [-0.4, -0.2) is 49.4 Å². The number of carbonyl (C=O) groups is 3. The van der Waals surface area contributed by atoms with Gasteiger partial charge in [0.05, 0.1) is 5.92 Å². The first-order valence-corrected chi connectivity index (χ1v) is 7.12.